The molecule has 0 bridgehead atoms. The van der Waals surface area contributed by atoms with E-state index in [1.54, 1.807) is 0 Å². The van der Waals surface area contributed by atoms with Crippen LogP contribution < -0.4 is 0 Å². The van der Waals surface area contributed by atoms with Crippen molar-refractivity contribution in [3.05, 3.63) is 96.1 Å². The second-order valence-electron chi connectivity index (χ2n) is 5.65. The molecule has 0 spiro atoms. The maximum atomic E-state index is 11.1. The highest BCUT2D eigenvalue weighted by Crippen LogP contribution is 2.03. The third-order valence-electron chi connectivity index (χ3n) is 3.38. The molecular weight excluding hydrogens is 360 g/mol. The van der Waals surface area contributed by atoms with Gasteiger partial charge in [-0.15, -0.1) is 0 Å². The molecule has 0 unspecified atom stereocenters. The van der Waals surface area contributed by atoms with E-state index in [1.165, 1.54) is 0 Å². The van der Waals surface area contributed by atoms with Crippen LogP contribution >= 0.6 is 0 Å². The molecule has 28 heavy (non-hydrogen) atoms. The van der Waals surface area contributed by atoms with Crippen LogP contribution in [0.15, 0.2) is 85.0 Å². The third-order valence-corrected chi connectivity index (χ3v) is 3.38. The molecule has 2 aromatic rings. The molecule has 6 nitrogen and oxygen atoms in total. The first-order valence-electron chi connectivity index (χ1n) is 8.47. The monoisotopic (exact) mass is 384 g/mol. The molecule has 0 amide bonds. The van der Waals surface area contributed by atoms with Crippen LogP contribution in [0.2, 0.25) is 0 Å². The Bertz CT molecular complexity index is 701. The summed E-state index contributed by atoms with van der Waals surface area (Å²) < 4.78 is 9.76. The molecule has 0 fully saturated rings. The quantitative estimate of drug-likeness (QED) is 0.537. The van der Waals surface area contributed by atoms with Gasteiger partial charge in [-0.2, -0.15) is 0 Å². The van der Waals surface area contributed by atoms with Crippen molar-refractivity contribution in [3.8, 4) is 0 Å². The number of aliphatic hydroxyl groups is 2. The number of ether oxygens (including phenoxy) is 2. The molecule has 0 aliphatic carbocycles. The molecule has 0 aromatic heterocycles. The molecule has 0 aliphatic heterocycles. The highest BCUT2D eigenvalue weighted by Gasteiger charge is 2.07. The minimum Gasteiger partial charge on any atom is -0.457 e. The summed E-state index contributed by atoms with van der Waals surface area (Å²) in [6.07, 6.45) is 0. The Morgan fingerprint density at radius 3 is 1.29 bits per heavy atom. The summed E-state index contributed by atoms with van der Waals surface area (Å²) >= 11 is 0. The van der Waals surface area contributed by atoms with E-state index in [4.69, 9.17) is 19.7 Å². The Hall–Kier alpha value is -3.22. The van der Waals surface area contributed by atoms with Gasteiger partial charge in [0.15, 0.2) is 0 Å². The molecular formula is C22H24O6. The van der Waals surface area contributed by atoms with E-state index < -0.39 is 11.9 Å². The topological polar surface area (TPSA) is 93.1 Å². The highest BCUT2D eigenvalue weighted by molar-refractivity contribution is 5.88. The molecule has 0 saturated heterocycles. The van der Waals surface area contributed by atoms with E-state index in [9.17, 15) is 9.59 Å². The average molecular weight is 384 g/mol. The molecule has 2 aromatic carbocycles. The number of carbonyl (C=O) groups excluding carboxylic acids is 2. The van der Waals surface area contributed by atoms with E-state index in [0.29, 0.717) is 0 Å². The zero-order valence-electron chi connectivity index (χ0n) is 15.5. The van der Waals surface area contributed by atoms with Gasteiger partial charge in [0.05, 0.1) is 24.4 Å². The fraction of sp³-hybridized carbons (Fsp3) is 0.182. The summed E-state index contributed by atoms with van der Waals surface area (Å²) in [5.74, 6) is -1.12. The zero-order valence-corrected chi connectivity index (χ0v) is 15.5. The lowest BCUT2D eigenvalue weighted by atomic mass is 10.2. The number of rotatable bonds is 8. The van der Waals surface area contributed by atoms with E-state index in [2.05, 4.69) is 13.2 Å². The van der Waals surface area contributed by atoms with Gasteiger partial charge in [0, 0.05) is 0 Å². The maximum absolute atomic E-state index is 11.1. The number of carbonyl (C=O) groups is 2. The van der Waals surface area contributed by atoms with Crippen LogP contribution in [0.4, 0.5) is 0 Å². The van der Waals surface area contributed by atoms with Crippen LogP contribution in [0, 0.1) is 0 Å². The second-order valence-corrected chi connectivity index (χ2v) is 5.65. The van der Waals surface area contributed by atoms with Crippen molar-refractivity contribution in [2.45, 2.75) is 13.2 Å². The fourth-order valence-corrected chi connectivity index (χ4v) is 1.78. The van der Waals surface area contributed by atoms with Crippen molar-refractivity contribution in [2.24, 2.45) is 0 Å². The predicted octanol–water partition coefficient (Wildman–Crippen LogP) is 2.56. The Balaban J connectivity index is 0.000000280. The molecule has 0 atom stereocenters. The van der Waals surface area contributed by atoms with Crippen LogP contribution in [-0.2, 0) is 32.3 Å². The lowest BCUT2D eigenvalue weighted by molar-refractivity contribution is -0.141. The number of aliphatic hydroxyl groups excluding tert-OH is 2. The minimum absolute atomic E-state index is 0.0703. The van der Waals surface area contributed by atoms with Crippen molar-refractivity contribution in [3.63, 3.8) is 0 Å². The van der Waals surface area contributed by atoms with E-state index in [1.807, 2.05) is 60.7 Å². The first-order valence-corrected chi connectivity index (χ1v) is 8.47. The zero-order chi connectivity index (χ0) is 20.8. The molecule has 6 heteroatoms. The summed E-state index contributed by atoms with van der Waals surface area (Å²) in [7, 11) is 0. The smallest absolute Gasteiger partial charge is 0.336 e. The minimum atomic E-state index is -0.559. The van der Waals surface area contributed by atoms with E-state index >= 15 is 0 Å². The number of esters is 2. The Labute approximate surface area is 164 Å². The first kappa shape index (κ1) is 22.8. The van der Waals surface area contributed by atoms with Crippen LogP contribution in [-0.4, -0.2) is 35.4 Å². The molecule has 148 valence electrons. The third kappa shape index (κ3) is 8.93. The molecule has 0 aliphatic rings. The standard InChI is InChI=1S/2C11H12O3/c2*1-9(7-12)11(13)14-8-10-5-3-2-4-6-10/h2*2-6,12H,1,7-8H2. The van der Waals surface area contributed by atoms with Gasteiger partial charge in [-0.05, 0) is 11.1 Å². The van der Waals surface area contributed by atoms with Crippen LogP contribution in [0.3, 0.4) is 0 Å². The summed E-state index contributed by atoms with van der Waals surface area (Å²) in [6.45, 7) is 6.40. The van der Waals surface area contributed by atoms with E-state index in [-0.39, 0.29) is 37.6 Å². The van der Waals surface area contributed by atoms with Gasteiger partial charge in [-0.1, -0.05) is 73.8 Å². The lowest BCUT2D eigenvalue weighted by Crippen LogP contribution is -2.09. The van der Waals surface area contributed by atoms with Gasteiger partial charge in [0.25, 0.3) is 0 Å². The van der Waals surface area contributed by atoms with Crippen molar-refractivity contribution in [2.75, 3.05) is 13.2 Å². The summed E-state index contributed by atoms with van der Waals surface area (Å²) in [4.78, 5) is 22.1. The summed E-state index contributed by atoms with van der Waals surface area (Å²) in [6, 6.07) is 18.7. The van der Waals surface area contributed by atoms with Crippen LogP contribution in [0.5, 0.6) is 0 Å². The molecule has 2 N–H and O–H groups in total. The molecule has 0 saturated carbocycles. The van der Waals surface area contributed by atoms with Crippen LogP contribution in [0.25, 0.3) is 0 Å². The lowest BCUT2D eigenvalue weighted by Gasteiger charge is -2.04. The highest BCUT2D eigenvalue weighted by atomic mass is 16.5. The van der Waals surface area contributed by atoms with Crippen molar-refractivity contribution < 1.29 is 29.3 Å². The van der Waals surface area contributed by atoms with Gasteiger partial charge in [-0.25, -0.2) is 9.59 Å². The predicted molar refractivity (Wildman–Crippen MR) is 105 cm³/mol. The van der Waals surface area contributed by atoms with Gasteiger partial charge >= 0.3 is 11.9 Å². The fourth-order valence-electron chi connectivity index (χ4n) is 1.78. The maximum Gasteiger partial charge on any atom is 0.336 e. The Kier molecular flexibility index (Phi) is 10.6. The Morgan fingerprint density at radius 1 is 0.679 bits per heavy atom. The van der Waals surface area contributed by atoms with Crippen molar-refractivity contribution in [1.82, 2.24) is 0 Å². The summed E-state index contributed by atoms with van der Waals surface area (Å²) in [5, 5.41) is 17.2. The number of benzene rings is 2. The van der Waals surface area contributed by atoms with Crippen molar-refractivity contribution in [1.29, 1.82) is 0 Å². The number of hydrogen-bond acceptors (Lipinski definition) is 6. The van der Waals surface area contributed by atoms with Crippen molar-refractivity contribution >= 4 is 11.9 Å². The first-order chi connectivity index (χ1) is 13.5. The average Bonchev–Trinajstić information content (AvgIpc) is 2.76. The normalized spacial score (nSPS) is 9.50. The van der Waals surface area contributed by atoms with Crippen LogP contribution in [0.1, 0.15) is 11.1 Å². The van der Waals surface area contributed by atoms with Gasteiger partial charge in [-0.3, -0.25) is 0 Å². The Morgan fingerprint density at radius 2 is 1.00 bits per heavy atom. The van der Waals surface area contributed by atoms with Gasteiger partial charge in [0.1, 0.15) is 13.2 Å². The van der Waals surface area contributed by atoms with E-state index in [0.717, 1.165) is 11.1 Å². The number of hydrogen-bond donors (Lipinski definition) is 2. The molecule has 0 heterocycles. The summed E-state index contributed by atoms with van der Waals surface area (Å²) in [5.41, 5.74) is 1.96. The SMILES string of the molecule is C=C(CO)C(=O)OCc1ccccc1.C=C(CO)C(=O)OCc1ccccc1. The van der Waals surface area contributed by atoms with Gasteiger partial charge < -0.3 is 19.7 Å². The molecule has 2 rings (SSSR count). The second kappa shape index (κ2) is 13.0. The molecule has 0 radical (unpaired) electrons. The van der Waals surface area contributed by atoms with Gasteiger partial charge in [0.2, 0.25) is 0 Å². The largest absolute Gasteiger partial charge is 0.457 e.